The van der Waals surface area contributed by atoms with E-state index in [4.69, 9.17) is 44.6 Å². The number of aromatic amines is 1. The minimum Gasteiger partial charge on any atom is -0.481 e. The molecule has 0 radical (unpaired) electrons. The number of nitrogen functional groups attached to an aromatic ring is 2. The summed E-state index contributed by atoms with van der Waals surface area (Å²) in [5.74, 6) is 0.550. The maximum Gasteiger partial charge on any atom is 0.300 e. The second-order valence-electron chi connectivity index (χ2n) is 17.6. The Kier molecular flexibility index (Phi) is 21.0. The number of carbonyl (C=O) groups is 3. The molecule has 0 unspecified atom stereocenters. The Morgan fingerprint density at radius 2 is 1.33 bits per heavy atom. The molecule has 18 nitrogen and oxygen atoms in total. The van der Waals surface area contributed by atoms with Gasteiger partial charge < -0.3 is 37.8 Å². The van der Waals surface area contributed by atoms with Crippen LogP contribution >= 0.6 is 23.2 Å². The summed E-state index contributed by atoms with van der Waals surface area (Å²) in [6.07, 6.45) is 9.62. The topological polar surface area (TPSA) is 267 Å². The molecule has 6 heterocycles. The van der Waals surface area contributed by atoms with Crippen molar-refractivity contribution in [3.63, 3.8) is 0 Å². The van der Waals surface area contributed by atoms with Crippen molar-refractivity contribution in [3.05, 3.63) is 135 Å². The van der Waals surface area contributed by atoms with Crippen molar-refractivity contribution in [2.24, 2.45) is 4.99 Å². The summed E-state index contributed by atoms with van der Waals surface area (Å²) < 4.78 is 0. The lowest BCUT2D eigenvalue weighted by Crippen LogP contribution is -2.36. The number of aliphatic imine (C=N–C) groups is 1. The van der Waals surface area contributed by atoms with Gasteiger partial charge in [0.25, 0.3) is 5.97 Å². The first kappa shape index (κ1) is 56.2. The predicted molar refractivity (Wildman–Crippen MR) is 296 cm³/mol. The number of carboxylic acid groups (broad SMARTS) is 1. The quantitative estimate of drug-likeness (QED) is 0.0419. The Balaban J connectivity index is 0.000000186. The van der Waals surface area contributed by atoms with Crippen LogP contribution in [0.1, 0.15) is 87.8 Å². The van der Waals surface area contributed by atoms with Gasteiger partial charge in [-0.2, -0.15) is 10.1 Å². The van der Waals surface area contributed by atoms with E-state index in [9.17, 15) is 9.59 Å². The fourth-order valence-corrected chi connectivity index (χ4v) is 7.93. The van der Waals surface area contributed by atoms with Gasteiger partial charge in [-0.3, -0.25) is 29.4 Å². The van der Waals surface area contributed by atoms with Gasteiger partial charge in [-0.1, -0.05) is 24.6 Å². The number of hydrogen-bond donors (Lipinski definition) is 8. The number of aryl methyl sites for hydroxylation is 4. The summed E-state index contributed by atoms with van der Waals surface area (Å²) in [7, 11) is 0. The third kappa shape index (κ3) is 17.8. The van der Waals surface area contributed by atoms with Crippen molar-refractivity contribution in [1.29, 1.82) is 0 Å². The number of hydrogen-bond acceptors (Lipinski definition) is 14. The lowest BCUT2D eigenvalue weighted by atomic mass is 10.0. The molecule has 0 aliphatic carbocycles. The molecular weight excluding hydrogens is 968 g/mol. The van der Waals surface area contributed by atoms with Gasteiger partial charge in [-0.15, -0.1) is 0 Å². The Labute approximate surface area is 435 Å². The summed E-state index contributed by atoms with van der Waals surface area (Å²) in [6.45, 7) is 18.0. The number of carboxylic acids is 1. The van der Waals surface area contributed by atoms with Gasteiger partial charge >= 0.3 is 0 Å². The zero-order valence-electron chi connectivity index (χ0n) is 42.3. The number of nitrogens with zero attached hydrogens (tertiary/aromatic N) is 7. The number of carbonyl (C=O) groups excluding carboxylic acids is 2. The van der Waals surface area contributed by atoms with E-state index in [0.717, 1.165) is 106 Å². The Hall–Kier alpha value is -7.67. The molecule has 0 spiro atoms. The normalized spacial score (nSPS) is 12.6. The zero-order valence-corrected chi connectivity index (χ0v) is 43.9. The van der Waals surface area contributed by atoms with Crippen LogP contribution in [0.25, 0.3) is 10.9 Å². The van der Waals surface area contributed by atoms with E-state index in [2.05, 4.69) is 95.9 Å². The number of anilines is 8. The molecule has 20 heteroatoms. The van der Waals surface area contributed by atoms with E-state index in [0.29, 0.717) is 36.0 Å². The highest BCUT2D eigenvalue weighted by Crippen LogP contribution is 2.29. The molecule has 3 aromatic heterocycles. The van der Waals surface area contributed by atoms with E-state index in [1.54, 1.807) is 24.7 Å². The molecule has 384 valence electrons. The number of fused-ring (bicyclic) bond motifs is 4. The monoisotopic (exact) mass is 1030 g/mol. The Morgan fingerprint density at radius 1 is 0.740 bits per heavy atom. The van der Waals surface area contributed by atoms with Gasteiger partial charge in [0.05, 0.1) is 18.3 Å². The number of aliphatic carboxylic acids is 1. The molecule has 0 bridgehead atoms. The first-order valence-electron chi connectivity index (χ1n) is 23.7. The van der Waals surface area contributed by atoms with Gasteiger partial charge in [0, 0.05) is 101 Å². The van der Waals surface area contributed by atoms with Crippen LogP contribution in [0.4, 0.5) is 45.9 Å². The molecule has 3 aliphatic rings. The number of rotatable bonds is 7. The summed E-state index contributed by atoms with van der Waals surface area (Å²) in [5.41, 5.74) is 23.8. The lowest BCUT2D eigenvalue weighted by molar-refractivity contribution is -0.134. The largest absolute Gasteiger partial charge is 0.481 e. The first-order chi connectivity index (χ1) is 34.8. The summed E-state index contributed by atoms with van der Waals surface area (Å²) in [6, 6.07) is 24.6. The van der Waals surface area contributed by atoms with E-state index in [-0.39, 0.29) is 17.1 Å². The highest BCUT2D eigenvalue weighted by atomic mass is 35.5. The van der Waals surface area contributed by atoms with Crippen LogP contribution in [0.15, 0.2) is 96.4 Å². The summed E-state index contributed by atoms with van der Waals surface area (Å²) in [4.78, 5) is 54.5. The van der Waals surface area contributed by atoms with Gasteiger partial charge in [0.2, 0.25) is 23.0 Å². The SMILES string of the molecule is CC(=O)O.CCN(C(C)C)C(C)C.Cc1cnc(Cl)nc1Cl.Cc1cnc(Nc2ccc3c(c2)CCC(=O)N3)nc1Nc1ccc2[nH]ncc2c1.Nc1ccc2c(c1)C=NC2.Nc1ccc2c(c1)CCC(=O)N2. The van der Waals surface area contributed by atoms with E-state index < -0.39 is 5.97 Å². The molecule has 0 fully saturated rings. The van der Waals surface area contributed by atoms with E-state index in [1.807, 2.05) is 86.8 Å². The molecule has 4 aromatic carbocycles. The zero-order chi connectivity index (χ0) is 53.2. The van der Waals surface area contributed by atoms with Crippen molar-refractivity contribution in [1.82, 2.24) is 35.0 Å². The smallest absolute Gasteiger partial charge is 0.300 e. The second-order valence-corrected chi connectivity index (χ2v) is 18.3. The highest BCUT2D eigenvalue weighted by Gasteiger charge is 2.16. The number of aromatic nitrogens is 6. The van der Waals surface area contributed by atoms with Crippen LogP contribution in [-0.2, 0) is 33.8 Å². The molecule has 0 saturated heterocycles. The van der Waals surface area contributed by atoms with E-state index in [1.165, 1.54) is 11.1 Å². The lowest BCUT2D eigenvalue weighted by Gasteiger charge is -2.28. The molecule has 7 aromatic rings. The standard InChI is InChI=1S/C21H19N7O.C9H10N2O.C8H8N2.C8H19N.C5H4Cl2N2.C2H4O2/c1-12-10-22-21(25-16-3-5-17-13(8-16)2-7-19(29)26-17)27-20(12)24-15-4-6-18-14(9-15)11-23-28-18;10-7-2-3-8-6(5-7)1-4-9(12)11-8;9-8-2-1-6-4-10-5-7(6)3-8;1-6-9(7(2)3)8(4)5;1-3-2-8-5(7)9-4(3)6;1-2(3)4/h3-6,8-11H,2,7H2,1H3,(H,23,28)(H,26,29)(H2,22,24,25,27);2-3,5H,1,4,10H2,(H,11,12);1-3,5H,4,9H2;7-8H,6H2,1-5H3;2H,1H3;1H3,(H,3,4). The number of benzene rings is 4. The van der Waals surface area contributed by atoms with Crippen molar-refractivity contribution < 1.29 is 19.5 Å². The third-order valence-electron chi connectivity index (χ3n) is 11.2. The number of amides is 2. The first-order valence-corrected chi connectivity index (χ1v) is 24.4. The molecule has 0 atom stereocenters. The minimum absolute atomic E-state index is 0.0596. The van der Waals surface area contributed by atoms with Crippen molar-refractivity contribution in [2.45, 2.75) is 99.7 Å². The Bertz CT molecular complexity index is 3020. The van der Waals surface area contributed by atoms with Crippen LogP contribution in [0, 0.1) is 13.8 Å². The maximum atomic E-state index is 11.5. The predicted octanol–water partition coefficient (Wildman–Crippen LogP) is 10.7. The molecule has 2 amide bonds. The van der Waals surface area contributed by atoms with Crippen molar-refractivity contribution in [3.8, 4) is 0 Å². The maximum absolute atomic E-state index is 11.5. The highest BCUT2D eigenvalue weighted by molar-refractivity contribution is 6.32. The van der Waals surface area contributed by atoms with Crippen LogP contribution in [0.5, 0.6) is 0 Å². The minimum atomic E-state index is -0.833. The summed E-state index contributed by atoms with van der Waals surface area (Å²) >= 11 is 11.0. The van der Waals surface area contributed by atoms with Crippen LogP contribution in [0.2, 0.25) is 10.4 Å². The van der Waals surface area contributed by atoms with E-state index >= 15 is 0 Å². The third-order valence-corrected chi connectivity index (χ3v) is 11.8. The fourth-order valence-electron chi connectivity index (χ4n) is 7.63. The van der Waals surface area contributed by atoms with Crippen LogP contribution in [0.3, 0.4) is 0 Å². The van der Waals surface area contributed by atoms with Gasteiger partial charge in [-0.05, 0) is 162 Å². The fraction of sp³-hybridized carbons (Fsp3) is 0.302. The Morgan fingerprint density at radius 3 is 1.95 bits per heavy atom. The van der Waals surface area contributed by atoms with Crippen molar-refractivity contribution in [2.75, 3.05) is 39.3 Å². The molecule has 73 heavy (non-hydrogen) atoms. The molecule has 0 saturated carbocycles. The molecular formula is C53H64Cl2N14O4. The van der Waals surface area contributed by atoms with Crippen LogP contribution < -0.4 is 32.7 Å². The average Bonchev–Trinajstić information content (AvgIpc) is 4.02. The number of H-pyrrole nitrogens is 1. The van der Waals surface area contributed by atoms with Gasteiger partial charge in [0.1, 0.15) is 11.0 Å². The molecule has 10 N–H and O–H groups in total. The molecule has 3 aliphatic heterocycles. The average molecular weight is 1030 g/mol. The van der Waals surface area contributed by atoms with Gasteiger partial charge in [0.15, 0.2) is 0 Å². The second kappa shape index (κ2) is 27.2. The van der Waals surface area contributed by atoms with Crippen molar-refractivity contribution >= 4 is 104 Å². The number of nitrogens with one attached hydrogen (secondary N) is 5. The van der Waals surface area contributed by atoms with Gasteiger partial charge in [-0.25, -0.2) is 15.0 Å². The van der Waals surface area contributed by atoms with Crippen LogP contribution in [-0.4, -0.2) is 82.8 Å². The number of halogens is 2. The summed E-state index contributed by atoms with van der Waals surface area (Å²) in [5, 5.41) is 28.3. The molecule has 10 rings (SSSR count). The number of nitrogens with two attached hydrogens (primary N) is 2.